The van der Waals surface area contributed by atoms with Gasteiger partial charge in [0.1, 0.15) is 11.5 Å². The molecule has 140 valence electrons. The Kier molecular flexibility index (Phi) is 5.27. The molecule has 2 aromatic heterocycles. The van der Waals surface area contributed by atoms with Crippen LogP contribution in [0.25, 0.3) is 0 Å². The minimum absolute atomic E-state index is 0.0317. The summed E-state index contributed by atoms with van der Waals surface area (Å²) in [5.41, 5.74) is 1.66. The van der Waals surface area contributed by atoms with E-state index in [2.05, 4.69) is 36.1 Å². The standard InChI is InChI=1S/C19H27N5OS/c1-19(2,3)15-12-26-17(22-15)13-6-8-24(9-7-13)18(25)14-10-21-16(11-20-14)23(4)5/h10-13H,6-9H2,1-5H3. The predicted molar refractivity (Wildman–Crippen MR) is 105 cm³/mol. The quantitative estimate of drug-likeness (QED) is 0.826. The van der Waals surface area contributed by atoms with Gasteiger partial charge >= 0.3 is 0 Å². The van der Waals surface area contributed by atoms with Gasteiger partial charge in [-0.2, -0.15) is 0 Å². The molecule has 3 heterocycles. The molecule has 1 aliphatic heterocycles. The number of nitrogens with zero attached hydrogens (tertiary/aromatic N) is 5. The molecule has 2 aromatic rings. The highest BCUT2D eigenvalue weighted by Gasteiger charge is 2.28. The highest BCUT2D eigenvalue weighted by atomic mass is 32.1. The average molecular weight is 374 g/mol. The van der Waals surface area contributed by atoms with E-state index in [4.69, 9.17) is 4.98 Å². The maximum Gasteiger partial charge on any atom is 0.274 e. The van der Waals surface area contributed by atoms with Crippen LogP contribution in [0.3, 0.4) is 0 Å². The SMILES string of the molecule is CN(C)c1cnc(C(=O)N2CCC(c3nc(C(C)(C)C)cs3)CC2)cn1. The normalized spacial score (nSPS) is 16.0. The lowest BCUT2D eigenvalue weighted by Gasteiger charge is -2.31. The third-order valence-corrected chi connectivity index (χ3v) is 5.74. The van der Waals surface area contributed by atoms with Crippen molar-refractivity contribution in [2.24, 2.45) is 0 Å². The number of aromatic nitrogens is 3. The minimum Gasteiger partial charge on any atom is -0.361 e. The van der Waals surface area contributed by atoms with Crippen molar-refractivity contribution >= 4 is 23.1 Å². The number of hydrogen-bond donors (Lipinski definition) is 0. The first-order valence-electron chi connectivity index (χ1n) is 9.00. The van der Waals surface area contributed by atoms with Crippen molar-refractivity contribution in [2.45, 2.75) is 44.9 Å². The Hall–Kier alpha value is -2.02. The largest absolute Gasteiger partial charge is 0.361 e. The van der Waals surface area contributed by atoms with Gasteiger partial charge in [-0.15, -0.1) is 11.3 Å². The summed E-state index contributed by atoms with van der Waals surface area (Å²) in [5, 5.41) is 3.38. The number of carbonyl (C=O) groups is 1. The van der Waals surface area contributed by atoms with Crippen molar-refractivity contribution in [3.05, 3.63) is 34.2 Å². The van der Waals surface area contributed by atoms with E-state index in [-0.39, 0.29) is 11.3 Å². The first kappa shape index (κ1) is 18.8. The number of amides is 1. The molecule has 6 nitrogen and oxygen atoms in total. The van der Waals surface area contributed by atoms with Crippen molar-refractivity contribution in [3.8, 4) is 0 Å². The number of likely N-dealkylation sites (tertiary alicyclic amines) is 1. The molecule has 0 radical (unpaired) electrons. The van der Waals surface area contributed by atoms with Crippen LogP contribution in [0.1, 0.15) is 60.7 Å². The number of thiazole rings is 1. The molecule has 3 rings (SSSR count). The van der Waals surface area contributed by atoms with Crippen LogP contribution in [-0.4, -0.2) is 52.9 Å². The van der Waals surface area contributed by atoms with Crippen LogP contribution in [0, 0.1) is 0 Å². The summed E-state index contributed by atoms with van der Waals surface area (Å²) >= 11 is 1.75. The fourth-order valence-corrected chi connectivity index (χ4v) is 4.19. The van der Waals surface area contributed by atoms with Crippen LogP contribution in [0.5, 0.6) is 0 Å². The second-order valence-corrected chi connectivity index (χ2v) is 8.93. The van der Waals surface area contributed by atoms with Crippen LogP contribution in [0.4, 0.5) is 5.82 Å². The molecule has 1 fully saturated rings. The first-order valence-corrected chi connectivity index (χ1v) is 9.88. The third-order valence-electron chi connectivity index (χ3n) is 4.74. The molecule has 0 saturated carbocycles. The van der Waals surface area contributed by atoms with Crippen molar-refractivity contribution in [1.29, 1.82) is 0 Å². The molecular weight excluding hydrogens is 346 g/mol. The predicted octanol–water partition coefficient (Wildman–Crippen LogP) is 3.32. The number of anilines is 1. The molecule has 0 aliphatic carbocycles. The maximum absolute atomic E-state index is 12.7. The zero-order valence-electron chi connectivity index (χ0n) is 16.2. The van der Waals surface area contributed by atoms with Crippen LogP contribution in [-0.2, 0) is 5.41 Å². The second-order valence-electron chi connectivity index (χ2n) is 8.04. The summed E-state index contributed by atoms with van der Waals surface area (Å²) in [6, 6.07) is 0. The van der Waals surface area contributed by atoms with E-state index in [0.29, 0.717) is 11.6 Å². The van der Waals surface area contributed by atoms with Crippen molar-refractivity contribution in [1.82, 2.24) is 19.9 Å². The number of hydrogen-bond acceptors (Lipinski definition) is 6. The molecule has 0 unspecified atom stereocenters. The second kappa shape index (κ2) is 7.31. The highest BCUT2D eigenvalue weighted by Crippen LogP contribution is 2.33. The smallest absolute Gasteiger partial charge is 0.274 e. The van der Waals surface area contributed by atoms with Gasteiger partial charge in [0.15, 0.2) is 0 Å². The molecule has 26 heavy (non-hydrogen) atoms. The van der Waals surface area contributed by atoms with Crippen LogP contribution in [0.15, 0.2) is 17.8 Å². The van der Waals surface area contributed by atoms with Gasteiger partial charge in [-0.05, 0) is 12.8 Å². The van der Waals surface area contributed by atoms with Gasteiger partial charge in [0, 0.05) is 43.9 Å². The van der Waals surface area contributed by atoms with Crippen molar-refractivity contribution < 1.29 is 4.79 Å². The van der Waals surface area contributed by atoms with Crippen molar-refractivity contribution in [2.75, 3.05) is 32.1 Å². The Morgan fingerprint density at radius 2 is 1.88 bits per heavy atom. The summed E-state index contributed by atoms with van der Waals surface area (Å²) in [7, 11) is 3.81. The summed E-state index contributed by atoms with van der Waals surface area (Å²) in [5.74, 6) is 1.16. The molecular formula is C19H27N5OS. The lowest BCUT2D eigenvalue weighted by Crippen LogP contribution is -2.38. The maximum atomic E-state index is 12.7. The fourth-order valence-electron chi connectivity index (χ4n) is 2.97. The zero-order valence-corrected chi connectivity index (χ0v) is 17.0. The topological polar surface area (TPSA) is 62.2 Å². The van der Waals surface area contributed by atoms with E-state index in [0.717, 1.165) is 37.4 Å². The molecule has 1 amide bonds. The lowest BCUT2D eigenvalue weighted by molar-refractivity contribution is 0.0706. The third kappa shape index (κ3) is 4.03. The minimum atomic E-state index is -0.0317. The molecule has 0 bridgehead atoms. The monoisotopic (exact) mass is 373 g/mol. The summed E-state index contributed by atoms with van der Waals surface area (Å²) < 4.78 is 0. The van der Waals surface area contributed by atoms with Crippen LogP contribution < -0.4 is 4.90 Å². The Morgan fingerprint density at radius 3 is 2.38 bits per heavy atom. The number of rotatable bonds is 3. The molecule has 0 N–H and O–H groups in total. The summed E-state index contributed by atoms with van der Waals surface area (Å²) in [6.07, 6.45) is 5.11. The molecule has 1 aliphatic rings. The van der Waals surface area contributed by atoms with E-state index in [1.165, 1.54) is 5.01 Å². The van der Waals surface area contributed by atoms with E-state index in [1.807, 2.05) is 23.9 Å². The number of carbonyl (C=O) groups excluding carboxylic acids is 1. The van der Waals surface area contributed by atoms with Gasteiger partial charge in [-0.25, -0.2) is 15.0 Å². The highest BCUT2D eigenvalue weighted by molar-refractivity contribution is 7.09. The van der Waals surface area contributed by atoms with Gasteiger partial charge in [-0.3, -0.25) is 4.79 Å². The van der Waals surface area contributed by atoms with Gasteiger partial charge in [0.2, 0.25) is 0 Å². The Balaban J connectivity index is 1.61. The fraction of sp³-hybridized carbons (Fsp3) is 0.579. The van der Waals surface area contributed by atoms with E-state index in [9.17, 15) is 4.79 Å². The molecule has 0 atom stereocenters. The summed E-state index contributed by atoms with van der Waals surface area (Å²) in [6.45, 7) is 8.05. The Labute approximate surface area is 159 Å². The molecule has 1 saturated heterocycles. The van der Waals surface area contributed by atoms with E-state index >= 15 is 0 Å². The van der Waals surface area contributed by atoms with Crippen LogP contribution in [0.2, 0.25) is 0 Å². The summed E-state index contributed by atoms with van der Waals surface area (Å²) in [4.78, 5) is 29.8. The van der Waals surface area contributed by atoms with Crippen LogP contribution >= 0.6 is 11.3 Å². The van der Waals surface area contributed by atoms with Gasteiger partial charge in [-0.1, -0.05) is 20.8 Å². The lowest BCUT2D eigenvalue weighted by atomic mass is 9.93. The Bertz CT molecular complexity index is 755. The zero-order chi connectivity index (χ0) is 18.9. The van der Waals surface area contributed by atoms with Crippen molar-refractivity contribution in [3.63, 3.8) is 0 Å². The van der Waals surface area contributed by atoms with E-state index in [1.54, 1.807) is 23.7 Å². The van der Waals surface area contributed by atoms with Gasteiger partial charge in [0.25, 0.3) is 5.91 Å². The molecule has 7 heteroatoms. The molecule has 0 aromatic carbocycles. The molecule has 0 spiro atoms. The van der Waals surface area contributed by atoms with E-state index < -0.39 is 0 Å². The Morgan fingerprint density at radius 1 is 1.19 bits per heavy atom. The number of piperidine rings is 1. The van der Waals surface area contributed by atoms with Gasteiger partial charge in [0.05, 0.1) is 23.1 Å². The van der Waals surface area contributed by atoms with Gasteiger partial charge < -0.3 is 9.80 Å². The first-order chi connectivity index (χ1) is 12.3. The average Bonchev–Trinajstić information content (AvgIpc) is 3.12.